The molecule has 3 N–H and O–H groups in total. The van der Waals surface area contributed by atoms with Crippen molar-refractivity contribution >= 4 is 40.3 Å². The highest BCUT2D eigenvalue weighted by atomic mass is 35.5. The monoisotopic (exact) mass is 490 g/mol. The Kier molecular flexibility index (Phi) is 6.81. The van der Waals surface area contributed by atoms with Gasteiger partial charge >= 0.3 is 0 Å². The third kappa shape index (κ3) is 4.47. The van der Waals surface area contributed by atoms with Crippen LogP contribution < -0.4 is 11.1 Å². The molecule has 9 heteroatoms. The van der Waals surface area contributed by atoms with Crippen LogP contribution in [0.2, 0.25) is 5.02 Å². The minimum absolute atomic E-state index is 0.00954. The minimum Gasteiger partial charge on any atom is -0.383 e. The number of nitrogens with zero attached hydrogens (tertiary/aromatic N) is 4. The molecule has 1 aromatic carbocycles. The van der Waals surface area contributed by atoms with Gasteiger partial charge in [0.05, 0.1) is 23.0 Å². The van der Waals surface area contributed by atoms with Crippen LogP contribution in [0.25, 0.3) is 11.0 Å². The molecule has 3 heterocycles. The molecule has 8 nitrogen and oxygen atoms in total. The Labute approximate surface area is 209 Å². The third-order valence-corrected chi connectivity index (χ3v) is 6.59. The number of fused-ring (bicyclic) bond motifs is 1. The average molecular weight is 491 g/mol. The van der Waals surface area contributed by atoms with Gasteiger partial charge < -0.3 is 20.5 Å². The van der Waals surface area contributed by atoms with Crippen LogP contribution in [0, 0.1) is 11.8 Å². The van der Waals surface area contributed by atoms with Gasteiger partial charge in [-0.2, -0.15) is 0 Å². The highest BCUT2D eigenvalue weighted by Gasteiger charge is 2.36. The van der Waals surface area contributed by atoms with Gasteiger partial charge in [-0.3, -0.25) is 9.59 Å². The summed E-state index contributed by atoms with van der Waals surface area (Å²) in [5.74, 6) is 5.73. The van der Waals surface area contributed by atoms with Gasteiger partial charge in [-0.15, -0.1) is 0 Å². The number of amides is 2. The zero-order valence-electron chi connectivity index (χ0n) is 19.9. The maximum atomic E-state index is 13.7. The SMILES string of the molecule is C=CC(=O)N1C[C@H](n2c(C#CC)c(C(=O)N[C@H](C)c3cccc(Cl)c3)c3c(N)ncnc32)C[C@@H]1C. The van der Waals surface area contributed by atoms with Crippen molar-refractivity contribution in [1.29, 1.82) is 0 Å². The van der Waals surface area contributed by atoms with Crippen LogP contribution in [0.1, 0.15) is 60.9 Å². The molecule has 1 aliphatic heterocycles. The molecular weight excluding hydrogens is 464 g/mol. The van der Waals surface area contributed by atoms with Crippen molar-refractivity contribution in [3.05, 3.63) is 65.1 Å². The first kappa shape index (κ1) is 24.3. The van der Waals surface area contributed by atoms with E-state index in [2.05, 4.69) is 33.7 Å². The Morgan fingerprint density at radius 1 is 1.37 bits per heavy atom. The Balaban J connectivity index is 1.83. The zero-order chi connectivity index (χ0) is 25.3. The second kappa shape index (κ2) is 9.80. The molecule has 2 aromatic heterocycles. The number of carbonyl (C=O) groups is 2. The molecule has 35 heavy (non-hydrogen) atoms. The van der Waals surface area contributed by atoms with Crippen LogP contribution in [0.4, 0.5) is 5.82 Å². The Bertz CT molecular complexity index is 1390. The molecule has 0 unspecified atom stereocenters. The highest BCUT2D eigenvalue weighted by molar-refractivity contribution is 6.30. The second-order valence-corrected chi connectivity index (χ2v) is 9.05. The summed E-state index contributed by atoms with van der Waals surface area (Å²) in [5.41, 5.74) is 8.47. The number of benzene rings is 1. The van der Waals surface area contributed by atoms with Crippen LogP contribution in [0.15, 0.2) is 43.2 Å². The number of likely N-dealkylation sites (tertiary alicyclic amines) is 1. The van der Waals surface area contributed by atoms with Crippen molar-refractivity contribution in [2.45, 2.75) is 45.3 Å². The van der Waals surface area contributed by atoms with Crippen LogP contribution in [0.5, 0.6) is 0 Å². The fourth-order valence-corrected chi connectivity index (χ4v) is 4.92. The number of rotatable bonds is 5. The van der Waals surface area contributed by atoms with Crippen molar-refractivity contribution in [1.82, 2.24) is 24.8 Å². The van der Waals surface area contributed by atoms with E-state index in [4.69, 9.17) is 17.3 Å². The Hall–Kier alpha value is -3.83. The smallest absolute Gasteiger partial charge is 0.255 e. The van der Waals surface area contributed by atoms with Gasteiger partial charge in [-0.25, -0.2) is 9.97 Å². The average Bonchev–Trinajstić information content (AvgIpc) is 3.37. The van der Waals surface area contributed by atoms with Crippen molar-refractivity contribution in [2.75, 3.05) is 12.3 Å². The molecular formula is C26H27ClN6O2. The highest BCUT2D eigenvalue weighted by Crippen LogP contribution is 2.36. The van der Waals surface area contributed by atoms with Gasteiger partial charge in [0, 0.05) is 17.6 Å². The molecule has 0 saturated carbocycles. The van der Waals surface area contributed by atoms with Gasteiger partial charge in [0.2, 0.25) is 5.91 Å². The molecule has 2 amide bonds. The summed E-state index contributed by atoms with van der Waals surface area (Å²) in [6.07, 6.45) is 3.36. The summed E-state index contributed by atoms with van der Waals surface area (Å²) in [5, 5.41) is 4.07. The van der Waals surface area contributed by atoms with E-state index in [-0.39, 0.29) is 35.8 Å². The van der Waals surface area contributed by atoms with E-state index in [0.717, 1.165) is 5.56 Å². The second-order valence-electron chi connectivity index (χ2n) is 8.61. The topological polar surface area (TPSA) is 106 Å². The van der Waals surface area contributed by atoms with E-state index in [0.29, 0.717) is 40.3 Å². The predicted molar refractivity (Wildman–Crippen MR) is 137 cm³/mol. The molecule has 3 atom stereocenters. The minimum atomic E-state index is -0.342. The van der Waals surface area contributed by atoms with E-state index >= 15 is 0 Å². The number of hydrogen-bond acceptors (Lipinski definition) is 5. The molecule has 1 fully saturated rings. The van der Waals surface area contributed by atoms with Crippen molar-refractivity contribution in [2.24, 2.45) is 0 Å². The normalized spacial score (nSPS) is 18.1. The van der Waals surface area contributed by atoms with Crippen LogP contribution in [-0.2, 0) is 4.79 Å². The lowest BCUT2D eigenvalue weighted by molar-refractivity contribution is -0.126. The van der Waals surface area contributed by atoms with E-state index in [1.807, 2.05) is 36.6 Å². The first-order valence-electron chi connectivity index (χ1n) is 11.3. The number of halogens is 1. The predicted octanol–water partition coefficient (Wildman–Crippen LogP) is 3.88. The van der Waals surface area contributed by atoms with Gasteiger partial charge in [-0.1, -0.05) is 36.2 Å². The van der Waals surface area contributed by atoms with E-state index in [1.165, 1.54) is 12.4 Å². The molecule has 0 spiro atoms. The first-order chi connectivity index (χ1) is 16.8. The molecule has 1 aliphatic rings. The summed E-state index contributed by atoms with van der Waals surface area (Å²) < 4.78 is 1.93. The lowest BCUT2D eigenvalue weighted by Crippen LogP contribution is -2.32. The number of nitrogens with two attached hydrogens (primary N) is 1. The standard InChI is InChI=1S/C26H27ClN6O2/c1-5-8-20-22(26(35)31-16(4)17-9-7-10-18(27)12-17)23-24(28)29-14-30-25(23)33(20)19-11-15(3)32(13-19)21(34)6-2/h6-7,9-10,12,14-16,19H,2,11,13H2,1,3-4H3,(H,31,35)(H2,28,29,30)/t15-,16+,19+/m0/s1. The van der Waals surface area contributed by atoms with E-state index < -0.39 is 0 Å². The first-order valence-corrected chi connectivity index (χ1v) is 11.7. The number of carbonyl (C=O) groups excluding carboxylic acids is 2. The van der Waals surface area contributed by atoms with Gasteiger partial charge in [0.15, 0.2) is 0 Å². The molecule has 180 valence electrons. The fourth-order valence-electron chi connectivity index (χ4n) is 4.72. The molecule has 1 saturated heterocycles. The number of aromatic nitrogens is 3. The summed E-state index contributed by atoms with van der Waals surface area (Å²) in [4.78, 5) is 36.4. The largest absolute Gasteiger partial charge is 0.383 e. The lowest BCUT2D eigenvalue weighted by atomic mass is 10.1. The quantitative estimate of drug-likeness (QED) is 0.417. The summed E-state index contributed by atoms with van der Waals surface area (Å²) in [6, 6.07) is 6.85. The van der Waals surface area contributed by atoms with Crippen molar-refractivity contribution in [3.63, 3.8) is 0 Å². The molecule has 3 aromatic rings. The summed E-state index contributed by atoms with van der Waals surface area (Å²) >= 11 is 6.14. The van der Waals surface area contributed by atoms with Gasteiger partial charge in [0.25, 0.3) is 5.91 Å². The van der Waals surface area contributed by atoms with Gasteiger partial charge in [-0.05, 0) is 56.9 Å². The van der Waals surface area contributed by atoms with Crippen LogP contribution >= 0.6 is 11.6 Å². The molecule has 0 radical (unpaired) electrons. The van der Waals surface area contributed by atoms with Crippen molar-refractivity contribution in [3.8, 4) is 11.8 Å². The summed E-state index contributed by atoms with van der Waals surface area (Å²) in [6.45, 7) is 9.63. The maximum Gasteiger partial charge on any atom is 0.255 e. The van der Waals surface area contributed by atoms with E-state index in [9.17, 15) is 9.59 Å². The van der Waals surface area contributed by atoms with Crippen LogP contribution in [-0.4, -0.2) is 43.8 Å². The third-order valence-electron chi connectivity index (χ3n) is 6.35. The molecule has 0 aliphatic carbocycles. The Morgan fingerprint density at radius 2 is 2.14 bits per heavy atom. The van der Waals surface area contributed by atoms with Gasteiger partial charge in [0.1, 0.15) is 23.5 Å². The summed E-state index contributed by atoms with van der Waals surface area (Å²) in [7, 11) is 0. The zero-order valence-corrected chi connectivity index (χ0v) is 20.6. The van der Waals surface area contributed by atoms with Crippen LogP contribution in [0.3, 0.4) is 0 Å². The number of anilines is 1. The van der Waals surface area contributed by atoms with Crippen molar-refractivity contribution < 1.29 is 9.59 Å². The molecule has 0 bridgehead atoms. The number of hydrogen-bond donors (Lipinski definition) is 2. The number of nitrogen functional groups attached to an aromatic ring is 1. The number of nitrogens with one attached hydrogen (secondary N) is 1. The fraction of sp³-hybridized carbons (Fsp3) is 0.308. The van der Waals surface area contributed by atoms with E-state index in [1.54, 1.807) is 17.9 Å². The lowest BCUT2D eigenvalue weighted by Gasteiger charge is -2.19. The maximum absolute atomic E-state index is 13.7. The molecule has 4 rings (SSSR count). The Morgan fingerprint density at radius 3 is 2.83 bits per heavy atom.